The molecule has 0 atom stereocenters. The molecule has 2 N–H and O–H groups in total. The average Bonchev–Trinajstić information content (AvgIpc) is 2.64. The van der Waals surface area contributed by atoms with Crippen LogP contribution in [-0.2, 0) is 18.4 Å². The van der Waals surface area contributed by atoms with Gasteiger partial charge in [0.1, 0.15) is 11.6 Å². The molecule has 0 saturated heterocycles. The third kappa shape index (κ3) is 4.44. The maximum absolute atomic E-state index is 6.32. The fourth-order valence-corrected chi connectivity index (χ4v) is 2.63. The first-order chi connectivity index (χ1) is 8.91. The quantitative estimate of drug-likeness (QED) is 0.773. The molecule has 0 aliphatic carbocycles. The third-order valence-corrected chi connectivity index (χ3v) is 3.95. The predicted octanol–water partition coefficient (Wildman–Crippen LogP) is 3.86. The normalized spacial score (nSPS) is 12.1. The standard InChI is InChI=1S/C15H29N3S/c1-6-7-10-18-13(16)12(9-8-11-19-5)17-14(18)15(2,3)4/h6-11,16H2,1-5H3. The van der Waals surface area contributed by atoms with Crippen LogP contribution in [0.4, 0.5) is 5.82 Å². The number of anilines is 1. The first kappa shape index (κ1) is 16.4. The van der Waals surface area contributed by atoms with Crippen molar-refractivity contribution in [3.8, 4) is 0 Å². The van der Waals surface area contributed by atoms with Crippen LogP contribution in [0.1, 0.15) is 58.5 Å². The van der Waals surface area contributed by atoms with Crippen molar-refractivity contribution in [1.29, 1.82) is 0 Å². The minimum atomic E-state index is 0.0552. The molecule has 0 aromatic carbocycles. The van der Waals surface area contributed by atoms with Gasteiger partial charge in [0.05, 0.1) is 5.69 Å². The minimum absolute atomic E-state index is 0.0552. The van der Waals surface area contributed by atoms with E-state index in [9.17, 15) is 0 Å². The number of hydrogen-bond acceptors (Lipinski definition) is 3. The molecule has 1 aromatic rings. The topological polar surface area (TPSA) is 43.8 Å². The Balaban J connectivity index is 2.97. The van der Waals surface area contributed by atoms with Crippen molar-refractivity contribution in [2.24, 2.45) is 0 Å². The van der Waals surface area contributed by atoms with Gasteiger partial charge in [0.2, 0.25) is 0 Å². The highest BCUT2D eigenvalue weighted by molar-refractivity contribution is 7.98. The Morgan fingerprint density at radius 3 is 2.47 bits per heavy atom. The number of hydrogen-bond donors (Lipinski definition) is 1. The van der Waals surface area contributed by atoms with Gasteiger partial charge in [0, 0.05) is 12.0 Å². The van der Waals surface area contributed by atoms with E-state index in [4.69, 9.17) is 10.7 Å². The fourth-order valence-electron chi connectivity index (χ4n) is 2.20. The third-order valence-electron chi connectivity index (χ3n) is 3.25. The molecular formula is C15H29N3S. The molecule has 0 unspecified atom stereocenters. The molecule has 0 radical (unpaired) electrons. The van der Waals surface area contributed by atoms with Crippen molar-refractivity contribution < 1.29 is 0 Å². The van der Waals surface area contributed by atoms with E-state index in [0.29, 0.717) is 0 Å². The van der Waals surface area contributed by atoms with Crippen LogP contribution in [0.3, 0.4) is 0 Å². The van der Waals surface area contributed by atoms with Crippen LogP contribution >= 0.6 is 11.8 Å². The number of aromatic nitrogens is 2. The lowest BCUT2D eigenvalue weighted by Crippen LogP contribution is -2.20. The van der Waals surface area contributed by atoms with Gasteiger partial charge in [0.25, 0.3) is 0 Å². The van der Waals surface area contributed by atoms with Crippen LogP contribution in [0.5, 0.6) is 0 Å². The molecule has 4 heteroatoms. The van der Waals surface area contributed by atoms with Crippen molar-refractivity contribution in [2.75, 3.05) is 17.7 Å². The van der Waals surface area contributed by atoms with E-state index in [1.165, 1.54) is 12.2 Å². The number of nitrogens with zero attached hydrogens (tertiary/aromatic N) is 2. The van der Waals surface area contributed by atoms with E-state index in [1.807, 2.05) is 11.8 Å². The van der Waals surface area contributed by atoms with Gasteiger partial charge in [-0.1, -0.05) is 34.1 Å². The monoisotopic (exact) mass is 283 g/mol. The molecule has 0 amide bonds. The molecule has 0 fully saturated rings. The Kier molecular flexibility index (Phi) is 6.24. The van der Waals surface area contributed by atoms with Crippen LogP contribution in [0.25, 0.3) is 0 Å². The lowest BCUT2D eigenvalue weighted by molar-refractivity contribution is 0.491. The molecule has 110 valence electrons. The smallest absolute Gasteiger partial charge is 0.126 e. The van der Waals surface area contributed by atoms with Gasteiger partial charge in [-0.25, -0.2) is 4.98 Å². The lowest BCUT2D eigenvalue weighted by Gasteiger charge is -2.20. The van der Waals surface area contributed by atoms with Gasteiger partial charge in [-0.3, -0.25) is 0 Å². The Labute approximate surface area is 122 Å². The summed E-state index contributed by atoms with van der Waals surface area (Å²) in [6.45, 7) is 9.84. The molecule has 0 aliphatic rings. The molecule has 0 aliphatic heterocycles. The highest BCUT2D eigenvalue weighted by atomic mass is 32.2. The number of unbranched alkanes of at least 4 members (excludes halogenated alkanes) is 1. The molecule has 0 bridgehead atoms. The Morgan fingerprint density at radius 2 is 1.95 bits per heavy atom. The van der Waals surface area contributed by atoms with Gasteiger partial charge in [-0.2, -0.15) is 11.8 Å². The second kappa shape index (κ2) is 7.22. The lowest BCUT2D eigenvalue weighted by atomic mass is 9.95. The number of aryl methyl sites for hydroxylation is 1. The van der Waals surface area contributed by atoms with E-state index >= 15 is 0 Å². The molecule has 1 heterocycles. The zero-order chi connectivity index (χ0) is 14.5. The summed E-state index contributed by atoms with van der Waals surface area (Å²) in [4.78, 5) is 4.83. The van der Waals surface area contributed by atoms with Crippen LogP contribution in [0, 0.1) is 0 Å². The number of thioether (sulfide) groups is 1. The molecule has 3 nitrogen and oxygen atoms in total. The van der Waals surface area contributed by atoms with E-state index in [-0.39, 0.29) is 5.41 Å². The largest absolute Gasteiger partial charge is 0.384 e. The minimum Gasteiger partial charge on any atom is -0.384 e. The van der Waals surface area contributed by atoms with Crippen molar-refractivity contribution >= 4 is 17.6 Å². The summed E-state index contributed by atoms with van der Waals surface area (Å²) in [6.07, 6.45) is 6.63. The first-order valence-electron chi connectivity index (χ1n) is 7.26. The molecule has 19 heavy (non-hydrogen) atoms. The number of rotatable bonds is 7. The second-order valence-corrected chi connectivity index (χ2v) is 7.10. The zero-order valence-corrected chi connectivity index (χ0v) is 13.9. The Bertz CT molecular complexity index is 391. The van der Waals surface area contributed by atoms with Crippen molar-refractivity contribution in [3.63, 3.8) is 0 Å². The van der Waals surface area contributed by atoms with Gasteiger partial charge in [0.15, 0.2) is 0 Å². The van der Waals surface area contributed by atoms with E-state index in [1.54, 1.807) is 0 Å². The zero-order valence-electron chi connectivity index (χ0n) is 13.1. The summed E-state index contributed by atoms with van der Waals surface area (Å²) in [5.74, 6) is 3.20. The Hall–Kier alpha value is -0.640. The predicted molar refractivity (Wildman–Crippen MR) is 87.0 cm³/mol. The highest BCUT2D eigenvalue weighted by Gasteiger charge is 2.24. The van der Waals surface area contributed by atoms with Crippen molar-refractivity contribution in [2.45, 2.75) is 65.3 Å². The fraction of sp³-hybridized carbons (Fsp3) is 0.800. The molecule has 0 spiro atoms. The summed E-state index contributed by atoms with van der Waals surface area (Å²) in [6, 6.07) is 0. The maximum Gasteiger partial charge on any atom is 0.126 e. The average molecular weight is 283 g/mol. The highest BCUT2D eigenvalue weighted by Crippen LogP contribution is 2.27. The summed E-state index contributed by atoms with van der Waals surface area (Å²) >= 11 is 1.88. The van der Waals surface area contributed by atoms with E-state index in [0.717, 1.165) is 43.1 Å². The molecule has 1 aromatic heterocycles. The number of imidazole rings is 1. The van der Waals surface area contributed by atoms with Gasteiger partial charge >= 0.3 is 0 Å². The van der Waals surface area contributed by atoms with Crippen molar-refractivity contribution in [1.82, 2.24) is 9.55 Å². The summed E-state index contributed by atoms with van der Waals surface area (Å²) in [5, 5.41) is 0. The van der Waals surface area contributed by atoms with E-state index < -0.39 is 0 Å². The number of nitrogen functional groups attached to an aromatic ring is 1. The van der Waals surface area contributed by atoms with Crippen LogP contribution in [0.2, 0.25) is 0 Å². The molecule has 1 rings (SSSR count). The number of nitrogens with two attached hydrogens (primary N) is 1. The molecular weight excluding hydrogens is 254 g/mol. The van der Waals surface area contributed by atoms with Crippen LogP contribution in [-0.4, -0.2) is 21.6 Å². The van der Waals surface area contributed by atoms with E-state index in [2.05, 4.69) is 38.5 Å². The molecule has 0 saturated carbocycles. The first-order valence-corrected chi connectivity index (χ1v) is 8.65. The van der Waals surface area contributed by atoms with Gasteiger partial charge < -0.3 is 10.3 Å². The Morgan fingerprint density at radius 1 is 1.26 bits per heavy atom. The van der Waals surface area contributed by atoms with Gasteiger partial charge in [-0.15, -0.1) is 0 Å². The summed E-state index contributed by atoms with van der Waals surface area (Å²) < 4.78 is 2.23. The summed E-state index contributed by atoms with van der Waals surface area (Å²) in [7, 11) is 0. The maximum atomic E-state index is 6.32. The second-order valence-electron chi connectivity index (χ2n) is 6.12. The SMILES string of the molecule is CCCCn1c(C(C)(C)C)nc(CCCSC)c1N. The van der Waals surface area contributed by atoms with Crippen LogP contribution < -0.4 is 5.73 Å². The van der Waals surface area contributed by atoms with Crippen LogP contribution in [0.15, 0.2) is 0 Å². The summed E-state index contributed by atoms with van der Waals surface area (Å²) in [5.41, 5.74) is 7.47. The van der Waals surface area contributed by atoms with Gasteiger partial charge in [-0.05, 0) is 31.3 Å². The van der Waals surface area contributed by atoms with Crippen molar-refractivity contribution in [3.05, 3.63) is 11.5 Å².